The van der Waals surface area contributed by atoms with Gasteiger partial charge in [-0.05, 0) is 37.1 Å². The number of fused-ring (bicyclic) bond motifs is 4. The molecular weight excluding hydrogens is 601 g/mol. The van der Waals surface area contributed by atoms with Gasteiger partial charge in [-0.1, -0.05) is 49.2 Å². The number of nitrogens with zero attached hydrogens (tertiary/aromatic N) is 1. The number of hydrogen-bond acceptors (Lipinski definition) is 5. The van der Waals surface area contributed by atoms with Crippen molar-refractivity contribution >= 4 is 58.9 Å². The number of anilines is 3. The third-order valence-corrected chi connectivity index (χ3v) is 10.6. The molecule has 0 amide bonds. The van der Waals surface area contributed by atoms with Gasteiger partial charge in [0.1, 0.15) is 0 Å². The van der Waals surface area contributed by atoms with Crippen molar-refractivity contribution in [2.45, 2.75) is 33.1 Å². The van der Waals surface area contributed by atoms with Crippen molar-refractivity contribution in [3.63, 3.8) is 0 Å². The Morgan fingerprint density at radius 2 is 1.33 bits per heavy atom. The Bertz CT molecular complexity index is 1940. The second-order valence-electron chi connectivity index (χ2n) is 11.8. The van der Waals surface area contributed by atoms with Crippen molar-refractivity contribution in [1.29, 1.82) is 0 Å². The number of carbonyl (C=O) groups is 2. The Morgan fingerprint density at radius 1 is 0.721 bits per heavy atom. The minimum absolute atomic E-state index is 0.143. The van der Waals surface area contributed by atoms with Crippen molar-refractivity contribution < 1.29 is 19.1 Å². The number of carbonyl (C=O) groups excluding carboxylic acids is 2. The van der Waals surface area contributed by atoms with Crippen molar-refractivity contribution in [3.05, 3.63) is 116 Å². The van der Waals surface area contributed by atoms with Crippen LogP contribution in [-0.2, 0) is 5.41 Å². The Morgan fingerprint density at radius 3 is 1.93 bits per heavy atom. The van der Waals surface area contributed by atoms with E-state index in [1.807, 2.05) is 30.3 Å². The van der Waals surface area contributed by atoms with Crippen molar-refractivity contribution in [2.75, 3.05) is 19.1 Å². The maximum absolute atomic E-state index is 13.5. The zero-order chi connectivity index (χ0) is 30.2. The fourth-order valence-corrected chi connectivity index (χ4v) is 8.18. The number of ketones is 2. The average Bonchev–Trinajstić information content (AvgIpc) is 3.55. The van der Waals surface area contributed by atoms with E-state index in [0.717, 1.165) is 26.7 Å². The Balaban J connectivity index is 1.40. The summed E-state index contributed by atoms with van der Waals surface area (Å²) in [5, 5.41) is 1.03. The Hall–Kier alpha value is -4.38. The van der Waals surface area contributed by atoms with Gasteiger partial charge < -0.3 is 0 Å². The van der Waals surface area contributed by atoms with Crippen LogP contribution >= 0.6 is 0 Å². The van der Waals surface area contributed by atoms with E-state index >= 15 is 0 Å². The third kappa shape index (κ3) is 4.12. The van der Waals surface area contributed by atoms with Gasteiger partial charge >= 0.3 is 166 Å². The molecule has 0 N–H and O–H groups in total. The first-order valence-corrected chi connectivity index (χ1v) is 16.1. The molecule has 0 unspecified atom stereocenters. The van der Waals surface area contributed by atoms with Gasteiger partial charge in [0, 0.05) is 5.41 Å². The quantitative estimate of drug-likeness (QED) is 0.114. The summed E-state index contributed by atoms with van der Waals surface area (Å²) in [5.41, 5.74) is 9.28. The number of methoxy groups -OCH3 is 2. The van der Waals surface area contributed by atoms with Crippen LogP contribution in [0.25, 0.3) is 15.7 Å². The summed E-state index contributed by atoms with van der Waals surface area (Å²) in [6.07, 6.45) is 1.65. The molecule has 0 atom stereocenters. The van der Waals surface area contributed by atoms with E-state index < -0.39 is 0 Å². The number of benzene rings is 4. The van der Waals surface area contributed by atoms with Gasteiger partial charge in [0.2, 0.25) is 0 Å². The zero-order valence-electron chi connectivity index (χ0n) is 25.0. The predicted octanol–water partition coefficient (Wildman–Crippen LogP) is 8.10. The van der Waals surface area contributed by atoms with E-state index in [2.05, 4.69) is 73.9 Å². The molecule has 0 radical (unpaired) electrons. The molecule has 1 aromatic heterocycles. The van der Waals surface area contributed by atoms with Crippen molar-refractivity contribution in [2.24, 2.45) is 0 Å². The van der Waals surface area contributed by atoms with Gasteiger partial charge in [-0.2, -0.15) is 0 Å². The molecule has 2 aliphatic rings. The molecule has 0 saturated carbocycles. The molecule has 2 heterocycles. The van der Waals surface area contributed by atoms with E-state index in [-0.39, 0.29) is 37.1 Å². The van der Waals surface area contributed by atoms with Gasteiger partial charge in [0.15, 0.2) is 0 Å². The molecule has 1 aliphatic carbocycles. The molecule has 0 saturated heterocycles. The van der Waals surface area contributed by atoms with Crippen LogP contribution in [0.3, 0.4) is 0 Å². The number of ether oxygens (including phenoxy) is 2. The summed E-state index contributed by atoms with van der Waals surface area (Å²) in [6, 6.07) is 22.7. The summed E-state index contributed by atoms with van der Waals surface area (Å²) in [4.78, 5) is 31.3. The molecule has 5 nitrogen and oxygen atoms in total. The van der Waals surface area contributed by atoms with Crippen LogP contribution in [0.1, 0.15) is 62.4 Å². The molecule has 214 valence electrons. The van der Waals surface area contributed by atoms with Crippen LogP contribution in [0.5, 0.6) is 11.5 Å². The van der Waals surface area contributed by atoms with E-state index in [4.69, 9.17) is 9.47 Å². The van der Waals surface area contributed by atoms with Gasteiger partial charge in [0.05, 0.1) is 0 Å². The summed E-state index contributed by atoms with van der Waals surface area (Å²) in [6.45, 7) is 8.78. The third-order valence-electron chi connectivity index (χ3n) is 8.78. The van der Waals surface area contributed by atoms with Crippen molar-refractivity contribution in [1.82, 2.24) is 0 Å². The molecule has 5 aromatic rings. The normalized spacial score (nSPS) is 16.0. The molecule has 0 bridgehead atoms. The SMILES string of the molecule is COc1cc(N2c3ccc(C)cc3C(C)(C)c3cc(C)ccc32)c(OC)cc1/C=C1/C(=O)c2cc3cc[se]c3cc2C1=O. The van der Waals surface area contributed by atoms with E-state index in [0.29, 0.717) is 28.2 Å². The summed E-state index contributed by atoms with van der Waals surface area (Å²) >= 11 is 0.185. The number of Topliss-reactive ketones (excluding diaryl/α,β-unsaturated/α-hetero) is 2. The van der Waals surface area contributed by atoms with Crippen LogP contribution in [0, 0.1) is 13.8 Å². The van der Waals surface area contributed by atoms with Gasteiger partial charge in [-0.3, -0.25) is 0 Å². The summed E-state index contributed by atoms with van der Waals surface area (Å²) in [7, 11) is 3.24. The predicted molar refractivity (Wildman–Crippen MR) is 173 cm³/mol. The molecule has 1 aliphatic heterocycles. The van der Waals surface area contributed by atoms with Gasteiger partial charge in [0.25, 0.3) is 0 Å². The second-order valence-corrected chi connectivity index (χ2v) is 13.8. The van der Waals surface area contributed by atoms with Crippen molar-refractivity contribution in [3.8, 4) is 11.5 Å². The van der Waals surface area contributed by atoms with E-state index in [9.17, 15) is 9.59 Å². The van der Waals surface area contributed by atoms with Gasteiger partial charge in [-0.15, -0.1) is 0 Å². The van der Waals surface area contributed by atoms with Crippen LogP contribution in [0.4, 0.5) is 17.1 Å². The fourth-order valence-electron chi connectivity index (χ4n) is 6.48. The number of rotatable bonds is 4. The minimum atomic E-state index is -0.257. The fraction of sp³-hybridized carbons (Fsp3) is 0.189. The second kappa shape index (κ2) is 9.84. The van der Waals surface area contributed by atoms with Crippen LogP contribution in [-0.4, -0.2) is 40.3 Å². The standard InChI is InChI=1S/C37H31NO4Se/c1-20-7-9-29-27(13-20)37(3,4)28-14-21(2)8-10-30(28)38(29)31-19-32(41-5)23(17-33(31)42-6)16-26-35(39)24-15-22-11-12-43-34(22)18-25(24)36(26)40/h7-19H,1-6H3/b26-16-. The number of hydrogen-bond donors (Lipinski definition) is 0. The molecule has 6 heteroatoms. The maximum atomic E-state index is 13.5. The molecule has 0 fully saturated rings. The molecule has 0 spiro atoms. The monoisotopic (exact) mass is 633 g/mol. The molecule has 7 rings (SSSR count). The van der Waals surface area contributed by atoms with Crippen LogP contribution in [0.15, 0.2) is 77.2 Å². The Labute approximate surface area is 257 Å². The Kier molecular flexibility index (Phi) is 6.28. The molecular formula is C37H31NO4Se. The first kappa shape index (κ1) is 27.5. The molecule has 43 heavy (non-hydrogen) atoms. The first-order chi connectivity index (χ1) is 20.6. The van der Waals surface area contributed by atoms with Gasteiger partial charge in [-0.25, -0.2) is 0 Å². The van der Waals surface area contributed by atoms with E-state index in [1.165, 1.54) is 22.3 Å². The average molecular weight is 633 g/mol. The number of allylic oxidation sites excluding steroid dienone is 1. The summed E-state index contributed by atoms with van der Waals surface area (Å²) in [5.74, 6) is 0.642. The topological polar surface area (TPSA) is 55.8 Å². The zero-order valence-corrected chi connectivity index (χ0v) is 26.7. The van der Waals surface area contributed by atoms with Crippen LogP contribution in [0.2, 0.25) is 0 Å². The van der Waals surface area contributed by atoms with Crippen LogP contribution < -0.4 is 14.4 Å². The molecule has 4 aromatic carbocycles. The summed E-state index contributed by atoms with van der Waals surface area (Å²) < 4.78 is 13.0. The first-order valence-electron chi connectivity index (χ1n) is 14.2. The number of aryl methyl sites for hydroxylation is 2. The van der Waals surface area contributed by atoms with E-state index in [1.54, 1.807) is 20.3 Å².